The molecule has 0 amide bonds. The summed E-state index contributed by atoms with van der Waals surface area (Å²) < 4.78 is 11.5. The molecule has 2 aromatic carbocycles. The highest BCUT2D eigenvalue weighted by Crippen LogP contribution is 2.23. The molecule has 3 rings (SSSR count). The minimum atomic E-state index is -0.120. The van der Waals surface area contributed by atoms with Crippen molar-refractivity contribution < 1.29 is 9.47 Å². The molecule has 2 aromatic rings. The molecule has 0 N–H and O–H groups in total. The van der Waals surface area contributed by atoms with E-state index in [-0.39, 0.29) is 6.29 Å². The molecule has 0 spiro atoms. The van der Waals surface area contributed by atoms with Crippen LogP contribution >= 0.6 is 0 Å². The van der Waals surface area contributed by atoms with Crippen LogP contribution in [0.4, 0.5) is 0 Å². The highest BCUT2D eigenvalue weighted by Gasteiger charge is 2.20. The third-order valence-corrected chi connectivity index (χ3v) is 3.33. The van der Waals surface area contributed by atoms with E-state index < -0.39 is 0 Å². The predicted octanol–water partition coefficient (Wildman–Crippen LogP) is 4.03. The first-order valence-corrected chi connectivity index (χ1v) is 6.92. The summed E-state index contributed by atoms with van der Waals surface area (Å²) in [5.41, 5.74) is 3.68. The van der Waals surface area contributed by atoms with Gasteiger partial charge in [0.1, 0.15) is 0 Å². The van der Waals surface area contributed by atoms with Crippen LogP contribution in [0.25, 0.3) is 6.08 Å². The highest BCUT2D eigenvalue weighted by molar-refractivity contribution is 5.53. The van der Waals surface area contributed by atoms with Gasteiger partial charge in [0.25, 0.3) is 0 Å². The van der Waals surface area contributed by atoms with Crippen molar-refractivity contribution in [1.29, 1.82) is 0 Å². The van der Waals surface area contributed by atoms with Gasteiger partial charge in [-0.3, -0.25) is 0 Å². The minimum absolute atomic E-state index is 0.120. The lowest BCUT2D eigenvalue weighted by Gasteiger charge is -2.10. The number of ether oxygens (including phenoxy) is 2. The van der Waals surface area contributed by atoms with E-state index >= 15 is 0 Å². The molecule has 1 aliphatic rings. The molecule has 2 heteroatoms. The van der Waals surface area contributed by atoms with Crippen molar-refractivity contribution in [2.75, 3.05) is 6.61 Å². The van der Waals surface area contributed by atoms with E-state index in [1.54, 1.807) is 0 Å². The Morgan fingerprint density at radius 3 is 2.45 bits per heavy atom. The molecule has 0 aromatic heterocycles. The maximum atomic E-state index is 5.79. The monoisotopic (exact) mass is 266 g/mol. The van der Waals surface area contributed by atoms with Crippen molar-refractivity contribution >= 4 is 6.08 Å². The summed E-state index contributed by atoms with van der Waals surface area (Å²) in [5.74, 6) is 0. The largest absolute Gasteiger partial charge is 0.348 e. The molecule has 0 radical (unpaired) electrons. The van der Waals surface area contributed by atoms with E-state index in [1.165, 1.54) is 16.7 Å². The summed E-state index contributed by atoms with van der Waals surface area (Å²) in [4.78, 5) is 0. The Morgan fingerprint density at radius 1 is 1.00 bits per heavy atom. The van der Waals surface area contributed by atoms with Crippen molar-refractivity contribution in [2.45, 2.75) is 19.3 Å². The third kappa shape index (κ3) is 3.56. The van der Waals surface area contributed by atoms with Gasteiger partial charge in [-0.2, -0.15) is 0 Å². The zero-order valence-corrected chi connectivity index (χ0v) is 11.4. The lowest BCUT2D eigenvalue weighted by molar-refractivity contribution is -0.118. The van der Waals surface area contributed by atoms with Crippen LogP contribution in [0, 0.1) is 0 Å². The molecular formula is C18H18O2. The normalized spacial score (nSPS) is 20.4. The molecule has 1 fully saturated rings. The highest BCUT2D eigenvalue weighted by atomic mass is 16.7. The van der Waals surface area contributed by atoms with Crippen molar-refractivity contribution in [3.05, 3.63) is 77.4 Å². The molecule has 102 valence electrons. The van der Waals surface area contributed by atoms with Gasteiger partial charge in [0.15, 0.2) is 6.29 Å². The Kier molecular flexibility index (Phi) is 4.26. The lowest BCUT2D eigenvalue weighted by Crippen LogP contribution is -2.09. The van der Waals surface area contributed by atoms with E-state index in [4.69, 9.17) is 9.47 Å². The van der Waals surface area contributed by atoms with Crippen molar-refractivity contribution in [3.8, 4) is 0 Å². The second-order valence-corrected chi connectivity index (χ2v) is 4.95. The van der Waals surface area contributed by atoms with Gasteiger partial charge in [-0.05, 0) is 16.7 Å². The molecule has 2 nitrogen and oxygen atoms in total. The van der Waals surface area contributed by atoms with Gasteiger partial charge in [0.2, 0.25) is 0 Å². The van der Waals surface area contributed by atoms with Crippen molar-refractivity contribution in [2.24, 2.45) is 0 Å². The topological polar surface area (TPSA) is 18.5 Å². The third-order valence-electron chi connectivity index (χ3n) is 3.33. The Bertz CT molecular complexity index is 560. The maximum absolute atomic E-state index is 5.79. The van der Waals surface area contributed by atoms with Crippen LogP contribution in [0.2, 0.25) is 0 Å². The van der Waals surface area contributed by atoms with E-state index in [0.29, 0.717) is 13.2 Å². The van der Waals surface area contributed by atoms with Crippen LogP contribution in [0.15, 0.2) is 66.2 Å². The van der Waals surface area contributed by atoms with Gasteiger partial charge in [0.05, 0.1) is 13.2 Å². The van der Waals surface area contributed by atoms with Gasteiger partial charge in [-0.25, -0.2) is 0 Å². The maximum Gasteiger partial charge on any atom is 0.162 e. The van der Waals surface area contributed by atoms with Gasteiger partial charge >= 0.3 is 0 Å². The average molecular weight is 266 g/mol. The van der Waals surface area contributed by atoms with E-state index in [9.17, 15) is 0 Å². The summed E-state index contributed by atoms with van der Waals surface area (Å²) >= 11 is 0. The summed E-state index contributed by atoms with van der Waals surface area (Å²) in [6.07, 6.45) is 2.92. The Balaban J connectivity index is 1.54. The molecule has 0 bridgehead atoms. The molecular weight excluding hydrogens is 248 g/mol. The van der Waals surface area contributed by atoms with E-state index in [0.717, 1.165) is 6.42 Å². The number of hydrogen-bond donors (Lipinski definition) is 0. The van der Waals surface area contributed by atoms with Crippen LogP contribution in [0.1, 0.15) is 17.5 Å². The van der Waals surface area contributed by atoms with Crippen LogP contribution in [-0.4, -0.2) is 12.9 Å². The summed E-state index contributed by atoms with van der Waals surface area (Å²) in [6, 6.07) is 20.5. The van der Waals surface area contributed by atoms with Crippen LogP contribution < -0.4 is 0 Å². The SMILES string of the molecule is C(=C1/CO[C@H](OCc2ccccc2)C1)/c1ccccc1. The molecule has 0 unspecified atom stereocenters. The quantitative estimate of drug-likeness (QED) is 0.831. The van der Waals surface area contributed by atoms with Crippen LogP contribution in [0.3, 0.4) is 0 Å². The number of benzene rings is 2. The van der Waals surface area contributed by atoms with E-state index in [1.807, 2.05) is 36.4 Å². The Labute approximate surface area is 119 Å². The molecule has 1 aliphatic heterocycles. The molecule has 0 aliphatic carbocycles. The zero-order chi connectivity index (χ0) is 13.6. The number of hydrogen-bond acceptors (Lipinski definition) is 2. The van der Waals surface area contributed by atoms with Crippen molar-refractivity contribution in [1.82, 2.24) is 0 Å². The molecule has 1 atom stereocenters. The Hall–Kier alpha value is -1.90. The standard InChI is InChI=1S/C18H18O2/c1-3-7-15(8-4-1)11-17-12-18(20-14-17)19-13-16-9-5-2-6-10-16/h1-11,18H,12-14H2/b17-11-/t18-/m0/s1. The second kappa shape index (κ2) is 6.51. The molecule has 1 saturated heterocycles. The predicted molar refractivity (Wildman–Crippen MR) is 80.0 cm³/mol. The van der Waals surface area contributed by atoms with Gasteiger partial charge in [0, 0.05) is 6.42 Å². The first-order valence-electron chi connectivity index (χ1n) is 6.92. The first kappa shape index (κ1) is 13.1. The second-order valence-electron chi connectivity index (χ2n) is 4.95. The number of rotatable bonds is 4. The van der Waals surface area contributed by atoms with Crippen molar-refractivity contribution in [3.63, 3.8) is 0 Å². The zero-order valence-electron chi connectivity index (χ0n) is 11.4. The minimum Gasteiger partial charge on any atom is -0.348 e. The van der Waals surface area contributed by atoms with Crippen LogP contribution in [-0.2, 0) is 16.1 Å². The van der Waals surface area contributed by atoms with Gasteiger partial charge < -0.3 is 9.47 Å². The van der Waals surface area contributed by atoms with Gasteiger partial charge in [-0.1, -0.05) is 66.7 Å². The smallest absolute Gasteiger partial charge is 0.162 e. The lowest BCUT2D eigenvalue weighted by atomic mass is 10.1. The average Bonchev–Trinajstić information content (AvgIpc) is 2.95. The fraction of sp³-hybridized carbons (Fsp3) is 0.222. The van der Waals surface area contributed by atoms with Gasteiger partial charge in [-0.15, -0.1) is 0 Å². The molecule has 0 saturated carbocycles. The fourth-order valence-electron chi connectivity index (χ4n) is 2.29. The van der Waals surface area contributed by atoms with E-state index in [2.05, 4.69) is 30.3 Å². The summed E-state index contributed by atoms with van der Waals surface area (Å²) in [5, 5.41) is 0. The fourth-order valence-corrected chi connectivity index (χ4v) is 2.29. The molecule has 1 heterocycles. The summed E-state index contributed by atoms with van der Waals surface area (Å²) in [7, 11) is 0. The Morgan fingerprint density at radius 2 is 1.70 bits per heavy atom. The van der Waals surface area contributed by atoms with Crippen LogP contribution in [0.5, 0.6) is 0 Å². The first-order chi connectivity index (χ1) is 9.90. The summed E-state index contributed by atoms with van der Waals surface area (Å²) in [6.45, 7) is 1.26. The molecule has 20 heavy (non-hydrogen) atoms.